The van der Waals surface area contributed by atoms with Crippen LogP contribution in [0.15, 0.2) is 59.0 Å². The second-order valence-corrected chi connectivity index (χ2v) is 7.86. The lowest BCUT2D eigenvalue weighted by molar-refractivity contribution is 0.0150. The Labute approximate surface area is 175 Å². The fourth-order valence-electron chi connectivity index (χ4n) is 3.89. The van der Waals surface area contributed by atoms with Crippen LogP contribution in [0.3, 0.4) is 0 Å². The van der Waals surface area contributed by atoms with Gasteiger partial charge in [-0.05, 0) is 55.8 Å². The minimum absolute atomic E-state index is 0.0126. The summed E-state index contributed by atoms with van der Waals surface area (Å²) in [6.07, 6.45) is 2.58. The van der Waals surface area contributed by atoms with Crippen LogP contribution in [-0.4, -0.2) is 58.2 Å². The molecular weight excluding hydrogens is 380 g/mol. The highest BCUT2D eigenvalue weighted by atomic mass is 16.5. The quantitative estimate of drug-likeness (QED) is 0.628. The average molecular weight is 404 g/mol. The second-order valence-electron chi connectivity index (χ2n) is 7.86. The van der Waals surface area contributed by atoms with Crippen LogP contribution in [0.5, 0.6) is 5.75 Å². The summed E-state index contributed by atoms with van der Waals surface area (Å²) in [6.45, 7) is 4.41. The predicted octanol–water partition coefficient (Wildman–Crippen LogP) is 3.24. The van der Waals surface area contributed by atoms with Gasteiger partial charge < -0.3 is 14.1 Å². The van der Waals surface area contributed by atoms with Crippen molar-refractivity contribution in [2.75, 3.05) is 26.2 Å². The Morgan fingerprint density at radius 1 is 1.00 bits per heavy atom. The van der Waals surface area contributed by atoms with Crippen LogP contribution < -0.4 is 4.74 Å². The van der Waals surface area contributed by atoms with E-state index in [1.54, 1.807) is 4.90 Å². The summed E-state index contributed by atoms with van der Waals surface area (Å²) in [5.74, 6) is 0.937. The van der Waals surface area contributed by atoms with E-state index in [0.717, 1.165) is 17.9 Å². The van der Waals surface area contributed by atoms with E-state index in [1.807, 2.05) is 42.5 Å². The van der Waals surface area contributed by atoms with E-state index in [2.05, 4.69) is 27.2 Å². The highest BCUT2D eigenvalue weighted by molar-refractivity contribution is 5.90. The van der Waals surface area contributed by atoms with Crippen LogP contribution in [0.4, 0.5) is 0 Å². The molecule has 2 aromatic carbocycles. The molecule has 7 heteroatoms. The minimum atomic E-state index is -0.259. The Morgan fingerprint density at radius 3 is 2.47 bits per heavy atom. The standard InChI is InChI=1S/C23H24N4O3/c28-23(22-25-24-21(30-22)18-6-2-1-3-7-18)27-15-20(16-27)29-19-10-8-17(9-11-19)14-26-12-4-5-13-26/h1-3,6-11,20H,4-5,12-16H2. The lowest BCUT2D eigenvalue weighted by Crippen LogP contribution is -2.56. The molecule has 2 aliphatic heterocycles. The molecule has 0 unspecified atom stereocenters. The minimum Gasteiger partial charge on any atom is -0.487 e. The third-order valence-corrected chi connectivity index (χ3v) is 5.59. The van der Waals surface area contributed by atoms with Gasteiger partial charge in [-0.1, -0.05) is 30.3 Å². The Balaban J connectivity index is 1.12. The van der Waals surface area contributed by atoms with Crippen LogP contribution in [0.2, 0.25) is 0 Å². The Morgan fingerprint density at radius 2 is 1.73 bits per heavy atom. The molecule has 7 nitrogen and oxygen atoms in total. The van der Waals surface area contributed by atoms with Crippen molar-refractivity contribution in [3.05, 3.63) is 66.1 Å². The number of ether oxygens (including phenoxy) is 1. The highest BCUT2D eigenvalue weighted by Gasteiger charge is 2.35. The summed E-state index contributed by atoms with van der Waals surface area (Å²) in [7, 11) is 0. The van der Waals surface area contributed by atoms with Gasteiger partial charge in [-0.2, -0.15) is 0 Å². The largest absolute Gasteiger partial charge is 0.487 e. The second kappa shape index (κ2) is 8.28. The lowest BCUT2D eigenvalue weighted by atomic mass is 10.1. The first-order valence-electron chi connectivity index (χ1n) is 10.4. The van der Waals surface area contributed by atoms with E-state index >= 15 is 0 Å². The number of carbonyl (C=O) groups excluding carboxylic acids is 1. The topological polar surface area (TPSA) is 71.7 Å². The van der Waals surface area contributed by atoms with Crippen molar-refractivity contribution >= 4 is 5.91 Å². The SMILES string of the molecule is O=C(c1nnc(-c2ccccc2)o1)N1CC(Oc2ccc(CN3CCCC3)cc2)C1. The molecule has 3 heterocycles. The zero-order valence-electron chi connectivity index (χ0n) is 16.7. The first kappa shape index (κ1) is 18.8. The van der Waals surface area contributed by atoms with E-state index < -0.39 is 0 Å². The van der Waals surface area contributed by atoms with Crippen molar-refractivity contribution in [2.45, 2.75) is 25.5 Å². The normalized spacial score (nSPS) is 17.1. The van der Waals surface area contributed by atoms with Gasteiger partial charge in [0.25, 0.3) is 0 Å². The summed E-state index contributed by atoms with van der Waals surface area (Å²) in [4.78, 5) is 16.7. The summed E-state index contributed by atoms with van der Waals surface area (Å²) in [5, 5.41) is 7.88. The van der Waals surface area contributed by atoms with Crippen molar-refractivity contribution in [1.29, 1.82) is 0 Å². The molecular formula is C23H24N4O3. The number of amides is 1. The van der Waals surface area contributed by atoms with Crippen LogP contribution in [-0.2, 0) is 6.54 Å². The van der Waals surface area contributed by atoms with Gasteiger partial charge in [0.05, 0.1) is 13.1 Å². The molecule has 0 atom stereocenters. The maximum absolute atomic E-state index is 12.5. The maximum atomic E-state index is 12.5. The Bertz CT molecular complexity index is 991. The van der Waals surface area contributed by atoms with Gasteiger partial charge in [0.15, 0.2) is 0 Å². The number of nitrogens with zero attached hydrogens (tertiary/aromatic N) is 4. The van der Waals surface area contributed by atoms with Crippen molar-refractivity contribution in [3.63, 3.8) is 0 Å². The van der Waals surface area contributed by atoms with Gasteiger partial charge in [-0.25, -0.2) is 0 Å². The number of carbonyl (C=O) groups is 1. The summed E-state index contributed by atoms with van der Waals surface area (Å²) < 4.78 is 11.5. The van der Waals surface area contributed by atoms with Gasteiger partial charge >= 0.3 is 11.8 Å². The molecule has 0 spiro atoms. The molecule has 1 aromatic heterocycles. The average Bonchev–Trinajstić information content (AvgIpc) is 3.44. The highest BCUT2D eigenvalue weighted by Crippen LogP contribution is 2.23. The van der Waals surface area contributed by atoms with Crippen molar-refractivity contribution in [1.82, 2.24) is 20.0 Å². The molecule has 0 saturated carbocycles. The van der Waals surface area contributed by atoms with E-state index in [-0.39, 0.29) is 17.9 Å². The molecule has 154 valence electrons. The summed E-state index contributed by atoms with van der Waals surface area (Å²) in [5.41, 5.74) is 2.10. The Hall–Kier alpha value is -3.19. The zero-order valence-corrected chi connectivity index (χ0v) is 16.7. The maximum Gasteiger partial charge on any atom is 0.311 e. The van der Waals surface area contributed by atoms with Crippen LogP contribution in [0.1, 0.15) is 29.1 Å². The third-order valence-electron chi connectivity index (χ3n) is 5.59. The molecule has 5 rings (SSSR count). The van der Waals surface area contributed by atoms with Crippen LogP contribution in [0, 0.1) is 0 Å². The number of aromatic nitrogens is 2. The van der Waals surface area contributed by atoms with Gasteiger partial charge in [0, 0.05) is 12.1 Å². The number of hydrogen-bond acceptors (Lipinski definition) is 6. The first-order chi connectivity index (χ1) is 14.7. The fourth-order valence-corrected chi connectivity index (χ4v) is 3.89. The molecule has 0 radical (unpaired) electrons. The molecule has 0 bridgehead atoms. The first-order valence-corrected chi connectivity index (χ1v) is 10.4. The van der Waals surface area contributed by atoms with E-state index in [0.29, 0.717) is 19.0 Å². The van der Waals surface area contributed by atoms with Crippen LogP contribution >= 0.6 is 0 Å². The van der Waals surface area contributed by atoms with E-state index in [9.17, 15) is 4.79 Å². The van der Waals surface area contributed by atoms with Crippen molar-refractivity contribution < 1.29 is 13.9 Å². The predicted molar refractivity (Wildman–Crippen MR) is 111 cm³/mol. The van der Waals surface area contributed by atoms with Crippen molar-refractivity contribution in [2.24, 2.45) is 0 Å². The summed E-state index contributed by atoms with van der Waals surface area (Å²) >= 11 is 0. The molecule has 2 aliphatic rings. The lowest BCUT2D eigenvalue weighted by Gasteiger charge is -2.38. The van der Waals surface area contributed by atoms with Gasteiger partial charge in [-0.3, -0.25) is 9.69 Å². The van der Waals surface area contributed by atoms with Gasteiger partial charge in [-0.15, -0.1) is 10.2 Å². The fraction of sp³-hybridized carbons (Fsp3) is 0.348. The Kier molecular flexibility index (Phi) is 5.19. The summed E-state index contributed by atoms with van der Waals surface area (Å²) in [6, 6.07) is 17.7. The van der Waals surface area contributed by atoms with E-state index in [4.69, 9.17) is 9.15 Å². The smallest absolute Gasteiger partial charge is 0.311 e. The molecule has 30 heavy (non-hydrogen) atoms. The molecule has 0 aliphatic carbocycles. The van der Waals surface area contributed by atoms with Crippen LogP contribution in [0.25, 0.3) is 11.5 Å². The third kappa shape index (κ3) is 4.07. The van der Waals surface area contributed by atoms with Gasteiger partial charge in [0.1, 0.15) is 11.9 Å². The van der Waals surface area contributed by atoms with Gasteiger partial charge in [0.2, 0.25) is 5.89 Å². The number of rotatable bonds is 6. The monoisotopic (exact) mass is 404 g/mol. The molecule has 1 amide bonds. The molecule has 2 saturated heterocycles. The number of likely N-dealkylation sites (tertiary alicyclic amines) is 2. The van der Waals surface area contributed by atoms with Crippen molar-refractivity contribution in [3.8, 4) is 17.2 Å². The number of hydrogen-bond donors (Lipinski definition) is 0. The molecule has 2 fully saturated rings. The molecule has 3 aromatic rings. The zero-order chi connectivity index (χ0) is 20.3. The number of benzene rings is 2. The molecule has 0 N–H and O–H groups in total. The van der Waals surface area contributed by atoms with E-state index in [1.165, 1.54) is 31.5 Å².